The Hall–Kier alpha value is -3.71. The first-order valence-electron chi connectivity index (χ1n) is 16.4. The van der Waals surface area contributed by atoms with Crippen LogP contribution >= 0.6 is 0 Å². The van der Waals surface area contributed by atoms with Crippen LogP contribution in [-0.4, -0.2) is 17.2 Å². The zero-order valence-electron chi connectivity index (χ0n) is 28.4. The van der Waals surface area contributed by atoms with Crippen LogP contribution in [0.3, 0.4) is 0 Å². The number of hydrogen-bond acceptors (Lipinski definition) is 3. The quantitative estimate of drug-likeness (QED) is 0.234. The molecule has 2 atom stereocenters. The molecule has 2 aliphatic rings. The van der Waals surface area contributed by atoms with Gasteiger partial charge in [0.2, 0.25) is 0 Å². The Morgan fingerprint density at radius 2 is 1.51 bits per heavy atom. The number of anilines is 1. The number of aliphatic imine (C=N–C) groups is 1. The van der Waals surface area contributed by atoms with E-state index in [-0.39, 0.29) is 22.8 Å². The van der Waals surface area contributed by atoms with Gasteiger partial charge in [0.15, 0.2) is 0 Å². The van der Waals surface area contributed by atoms with Crippen LogP contribution in [0, 0.1) is 23.7 Å². The van der Waals surface area contributed by atoms with Crippen LogP contribution < -0.4 is 4.90 Å². The molecule has 0 bridgehead atoms. The summed E-state index contributed by atoms with van der Waals surface area (Å²) in [6, 6.07) is 23.2. The van der Waals surface area contributed by atoms with Crippen molar-refractivity contribution in [2.45, 2.75) is 118 Å². The van der Waals surface area contributed by atoms with Gasteiger partial charge >= 0.3 is 0 Å². The molecule has 3 aromatic rings. The van der Waals surface area contributed by atoms with Crippen molar-refractivity contribution in [2.75, 3.05) is 4.90 Å². The number of aryl methyl sites for hydroxylation is 1. The van der Waals surface area contributed by atoms with Crippen LogP contribution in [0.5, 0.6) is 0 Å². The van der Waals surface area contributed by atoms with Gasteiger partial charge in [0.1, 0.15) is 11.7 Å². The Morgan fingerprint density at radius 1 is 0.907 bits per heavy atom. The molecule has 1 aliphatic heterocycles. The minimum absolute atomic E-state index is 0.0104. The molecule has 0 radical (unpaired) electrons. The normalized spacial score (nSPS) is 19.5. The molecular formula is C39H52N4. The number of benzene rings is 3. The number of amidine groups is 2. The summed E-state index contributed by atoms with van der Waals surface area (Å²) >= 11 is 0. The number of para-hydroxylation sites is 1. The van der Waals surface area contributed by atoms with Crippen molar-refractivity contribution >= 4 is 17.4 Å². The van der Waals surface area contributed by atoms with Gasteiger partial charge in [-0.2, -0.15) is 5.26 Å². The van der Waals surface area contributed by atoms with E-state index in [2.05, 4.69) is 89.8 Å². The topological polar surface area (TPSA) is 63.2 Å². The lowest BCUT2D eigenvalue weighted by atomic mass is 9.80. The lowest BCUT2D eigenvalue weighted by Crippen LogP contribution is -2.44. The summed E-state index contributed by atoms with van der Waals surface area (Å²) in [5, 5.41) is 19.7. The van der Waals surface area contributed by atoms with E-state index in [9.17, 15) is 10.7 Å². The van der Waals surface area contributed by atoms with Gasteiger partial charge in [-0.1, -0.05) is 118 Å². The standard InChI is InChI=1S/C35H40N4.2C2H6/c1-8-34-21-35(34,9-2)38-33(29-19-25(20-36)17-18-30(29)34)39(32(37)28-14-11-10-13-24(28)7)31-26(22(3)4)15-12-16-27(31)23(5)6;2*1-2/h10-19,22-23,37H,8-9,21H2,1-7H3;2*1-2H3/t34?,35-;;/m0../s1. The van der Waals surface area contributed by atoms with Gasteiger partial charge in [-0.15, -0.1) is 0 Å². The van der Waals surface area contributed by atoms with Crippen molar-refractivity contribution in [3.05, 3.63) is 99.6 Å². The fraction of sp³-hybridized carbons (Fsp3) is 0.462. The van der Waals surface area contributed by atoms with Gasteiger partial charge < -0.3 is 0 Å². The molecule has 1 unspecified atom stereocenters. The Labute approximate surface area is 261 Å². The number of nitriles is 1. The second kappa shape index (κ2) is 13.7. The molecule has 1 aliphatic carbocycles. The summed E-state index contributed by atoms with van der Waals surface area (Å²) in [6.07, 6.45) is 2.95. The van der Waals surface area contributed by atoms with E-state index in [1.807, 2.05) is 58.0 Å². The van der Waals surface area contributed by atoms with Crippen molar-refractivity contribution in [3.63, 3.8) is 0 Å². The third-order valence-corrected chi connectivity index (χ3v) is 9.18. The summed E-state index contributed by atoms with van der Waals surface area (Å²) in [5.74, 6) is 1.74. The number of nitrogens with one attached hydrogen (secondary N) is 1. The van der Waals surface area contributed by atoms with Gasteiger partial charge in [-0.25, -0.2) is 0 Å². The molecule has 3 aromatic carbocycles. The van der Waals surface area contributed by atoms with Gasteiger partial charge in [0.05, 0.1) is 22.9 Å². The van der Waals surface area contributed by atoms with E-state index in [0.29, 0.717) is 11.4 Å². The van der Waals surface area contributed by atoms with Gasteiger partial charge in [-0.05, 0) is 72.4 Å². The second-order valence-corrected chi connectivity index (χ2v) is 11.9. The van der Waals surface area contributed by atoms with E-state index in [1.54, 1.807) is 0 Å². The molecule has 4 nitrogen and oxygen atoms in total. The van der Waals surface area contributed by atoms with E-state index < -0.39 is 0 Å². The van der Waals surface area contributed by atoms with E-state index in [0.717, 1.165) is 47.5 Å². The maximum atomic E-state index is 9.89. The highest BCUT2D eigenvalue weighted by Gasteiger charge is 2.69. The first kappa shape index (κ1) is 33.8. The Morgan fingerprint density at radius 3 is 2.02 bits per heavy atom. The van der Waals surface area contributed by atoms with Crippen LogP contribution in [0.25, 0.3) is 0 Å². The highest BCUT2D eigenvalue weighted by molar-refractivity contribution is 6.30. The molecule has 228 valence electrons. The zero-order valence-corrected chi connectivity index (χ0v) is 28.4. The minimum atomic E-state index is -0.187. The number of rotatable bonds is 6. The molecule has 5 rings (SSSR count). The molecular weight excluding hydrogens is 524 g/mol. The molecule has 1 saturated carbocycles. The number of nitrogens with zero attached hydrogens (tertiary/aromatic N) is 3. The van der Waals surface area contributed by atoms with Crippen molar-refractivity contribution in [1.29, 1.82) is 10.7 Å². The van der Waals surface area contributed by atoms with E-state index >= 15 is 0 Å². The Bertz CT molecular complexity index is 1500. The number of fused-ring (bicyclic) bond motifs is 3. The molecule has 0 spiro atoms. The third kappa shape index (κ3) is 5.67. The summed E-state index contributed by atoms with van der Waals surface area (Å²) in [5.41, 5.74) is 8.09. The van der Waals surface area contributed by atoms with Gasteiger partial charge in [0.25, 0.3) is 0 Å². The maximum Gasteiger partial charge on any atom is 0.142 e. The second-order valence-electron chi connectivity index (χ2n) is 11.9. The summed E-state index contributed by atoms with van der Waals surface area (Å²) in [4.78, 5) is 7.74. The average molecular weight is 577 g/mol. The maximum absolute atomic E-state index is 9.89. The van der Waals surface area contributed by atoms with Gasteiger partial charge in [0, 0.05) is 16.5 Å². The third-order valence-electron chi connectivity index (χ3n) is 9.18. The van der Waals surface area contributed by atoms with Crippen LogP contribution in [0.2, 0.25) is 0 Å². The molecule has 4 heteroatoms. The summed E-state index contributed by atoms with van der Waals surface area (Å²) in [6.45, 7) is 23.5. The van der Waals surface area contributed by atoms with Crippen molar-refractivity contribution in [2.24, 2.45) is 4.99 Å². The predicted molar refractivity (Wildman–Crippen MR) is 185 cm³/mol. The molecule has 0 amide bonds. The molecule has 1 fully saturated rings. The SMILES string of the molecule is CC.CC.CCC12C[C@]1(CC)N=C(N(C(=N)c1ccccc1C)c1c(C(C)C)cccc1C(C)C)c1cc(C#N)ccc12. The van der Waals surface area contributed by atoms with Crippen molar-refractivity contribution in [3.8, 4) is 6.07 Å². The van der Waals surface area contributed by atoms with Crippen LogP contribution in [0.1, 0.15) is 139 Å². The van der Waals surface area contributed by atoms with Crippen molar-refractivity contribution in [1.82, 2.24) is 0 Å². The lowest BCUT2D eigenvalue weighted by molar-refractivity contribution is 0.498. The largest absolute Gasteiger partial charge is 0.283 e. The van der Waals surface area contributed by atoms with Gasteiger partial charge in [-0.3, -0.25) is 15.3 Å². The molecule has 1 N–H and O–H groups in total. The van der Waals surface area contributed by atoms with Crippen LogP contribution in [0.15, 0.2) is 65.7 Å². The molecule has 1 heterocycles. The Kier molecular flexibility index (Phi) is 10.8. The Balaban J connectivity index is 0.00000121. The fourth-order valence-electron chi connectivity index (χ4n) is 6.84. The fourth-order valence-corrected chi connectivity index (χ4v) is 6.84. The molecule has 0 saturated heterocycles. The van der Waals surface area contributed by atoms with E-state index in [4.69, 9.17) is 4.99 Å². The zero-order chi connectivity index (χ0) is 32.1. The lowest BCUT2D eigenvalue weighted by Gasteiger charge is -2.38. The average Bonchev–Trinajstić information content (AvgIpc) is 3.72. The summed E-state index contributed by atoms with van der Waals surface area (Å²) < 4.78 is 0. The van der Waals surface area contributed by atoms with E-state index in [1.165, 1.54) is 16.7 Å². The first-order chi connectivity index (χ1) is 20.6. The predicted octanol–water partition coefficient (Wildman–Crippen LogP) is 10.7. The highest BCUT2D eigenvalue weighted by Crippen LogP contribution is 2.67. The number of hydrogen-bond donors (Lipinski definition) is 1. The first-order valence-corrected chi connectivity index (χ1v) is 16.4. The molecule has 0 aromatic heterocycles. The minimum Gasteiger partial charge on any atom is -0.283 e. The van der Waals surface area contributed by atoms with Crippen LogP contribution in [0.4, 0.5) is 5.69 Å². The smallest absolute Gasteiger partial charge is 0.142 e. The van der Waals surface area contributed by atoms with Crippen LogP contribution in [-0.2, 0) is 5.41 Å². The summed E-state index contributed by atoms with van der Waals surface area (Å²) in [7, 11) is 0. The highest BCUT2D eigenvalue weighted by atomic mass is 15.3. The molecule has 43 heavy (non-hydrogen) atoms. The monoisotopic (exact) mass is 576 g/mol. The van der Waals surface area contributed by atoms with Crippen molar-refractivity contribution < 1.29 is 0 Å².